The van der Waals surface area contributed by atoms with E-state index in [0.29, 0.717) is 12.5 Å². The van der Waals surface area contributed by atoms with Crippen LogP contribution >= 0.6 is 0 Å². The second-order valence-electron chi connectivity index (χ2n) is 6.17. The molecule has 4 rings (SSSR count). The van der Waals surface area contributed by atoms with Gasteiger partial charge in [0.15, 0.2) is 0 Å². The van der Waals surface area contributed by atoms with Crippen LogP contribution in [0.4, 0.5) is 0 Å². The zero-order valence-corrected chi connectivity index (χ0v) is 9.15. The summed E-state index contributed by atoms with van der Waals surface area (Å²) in [6, 6.07) is 0. The molecule has 0 aromatic rings. The number of hydrogen-bond acceptors (Lipinski definition) is 1. The average molecular weight is 194 g/mol. The fourth-order valence-electron chi connectivity index (χ4n) is 5.02. The minimum absolute atomic E-state index is 0.410. The maximum atomic E-state index is 9.32. The molecule has 80 valence electrons. The first-order valence-electron chi connectivity index (χ1n) is 6.38. The Morgan fingerprint density at radius 3 is 1.93 bits per heavy atom. The predicted octanol–water partition coefficient (Wildman–Crippen LogP) is 2.69. The molecule has 0 unspecified atom stereocenters. The smallest absolute Gasteiger partial charge is 0.0459 e. The van der Waals surface area contributed by atoms with Crippen LogP contribution in [0.1, 0.15) is 39.0 Å². The van der Waals surface area contributed by atoms with E-state index < -0.39 is 0 Å². The first kappa shape index (κ1) is 9.21. The lowest BCUT2D eigenvalue weighted by Gasteiger charge is -2.56. The maximum absolute atomic E-state index is 9.32. The highest BCUT2D eigenvalue weighted by molar-refractivity contribution is 4.99. The third-order valence-corrected chi connectivity index (χ3v) is 5.24. The molecule has 0 aliphatic heterocycles. The van der Waals surface area contributed by atoms with Gasteiger partial charge in [0.25, 0.3) is 0 Å². The fourth-order valence-corrected chi connectivity index (χ4v) is 5.02. The summed E-state index contributed by atoms with van der Waals surface area (Å²) in [6.07, 6.45) is 7.49. The van der Waals surface area contributed by atoms with Crippen LogP contribution in [0.2, 0.25) is 0 Å². The van der Waals surface area contributed by atoms with Crippen molar-refractivity contribution in [3.63, 3.8) is 0 Å². The molecule has 0 spiro atoms. The molecule has 0 aromatic heterocycles. The molecule has 0 amide bonds. The Bertz CT molecular complexity index is 195. The van der Waals surface area contributed by atoms with Gasteiger partial charge >= 0.3 is 0 Å². The van der Waals surface area contributed by atoms with Gasteiger partial charge in [0, 0.05) is 6.61 Å². The number of aliphatic hydroxyl groups is 1. The Morgan fingerprint density at radius 2 is 1.50 bits per heavy atom. The molecule has 0 radical (unpaired) electrons. The van der Waals surface area contributed by atoms with E-state index in [0.717, 1.165) is 29.6 Å². The van der Waals surface area contributed by atoms with Gasteiger partial charge in [-0.3, -0.25) is 0 Å². The predicted molar refractivity (Wildman–Crippen MR) is 56.8 cm³/mol. The van der Waals surface area contributed by atoms with E-state index in [1.54, 1.807) is 0 Å². The van der Waals surface area contributed by atoms with Crippen molar-refractivity contribution in [3.8, 4) is 0 Å². The second kappa shape index (κ2) is 3.23. The van der Waals surface area contributed by atoms with Crippen molar-refractivity contribution < 1.29 is 5.11 Å². The molecule has 14 heavy (non-hydrogen) atoms. The normalized spacial score (nSPS) is 52.3. The first-order chi connectivity index (χ1) is 6.78. The van der Waals surface area contributed by atoms with Crippen LogP contribution in [0.3, 0.4) is 0 Å². The third kappa shape index (κ3) is 1.25. The molecule has 1 nitrogen and oxygen atoms in total. The van der Waals surface area contributed by atoms with Gasteiger partial charge in [-0.2, -0.15) is 0 Å². The van der Waals surface area contributed by atoms with Gasteiger partial charge in [-0.25, -0.2) is 0 Å². The third-order valence-electron chi connectivity index (χ3n) is 5.24. The van der Waals surface area contributed by atoms with Crippen LogP contribution in [0, 0.1) is 35.5 Å². The summed E-state index contributed by atoms with van der Waals surface area (Å²) in [6.45, 7) is 2.67. The van der Waals surface area contributed by atoms with Crippen molar-refractivity contribution in [2.75, 3.05) is 6.61 Å². The van der Waals surface area contributed by atoms with Gasteiger partial charge in [0.05, 0.1) is 0 Å². The van der Waals surface area contributed by atoms with Crippen LogP contribution in [-0.2, 0) is 0 Å². The fraction of sp³-hybridized carbons (Fsp3) is 1.00. The summed E-state index contributed by atoms with van der Waals surface area (Å²) in [7, 11) is 0. The van der Waals surface area contributed by atoms with E-state index in [1.165, 1.54) is 32.1 Å². The highest BCUT2D eigenvalue weighted by Gasteiger charge is 2.49. The second-order valence-corrected chi connectivity index (χ2v) is 6.17. The SMILES string of the molecule is C[C@@H](CO)C1C2CC3CC(C2)CC1C3. The first-order valence-corrected chi connectivity index (χ1v) is 6.38. The molecule has 4 bridgehead atoms. The molecule has 4 saturated carbocycles. The van der Waals surface area contributed by atoms with Crippen molar-refractivity contribution in [1.29, 1.82) is 0 Å². The maximum Gasteiger partial charge on any atom is 0.0459 e. The van der Waals surface area contributed by atoms with Crippen LogP contribution in [-0.4, -0.2) is 11.7 Å². The Kier molecular flexibility index (Phi) is 2.12. The van der Waals surface area contributed by atoms with Gasteiger partial charge < -0.3 is 5.11 Å². The zero-order valence-electron chi connectivity index (χ0n) is 9.15. The van der Waals surface area contributed by atoms with E-state index in [-0.39, 0.29) is 0 Å². The highest BCUT2D eigenvalue weighted by atomic mass is 16.3. The minimum atomic E-state index is 0.410. The summed E-state index contributed by atoms with van der Waals surface area (Å²) in [5, 5.41) is 9.32. The van der Waals surface area contributed by atoms with Crippen molar-refractivity contribution in [2.24, 2.45) is 35.5 Å². The Labute approximate surface area is 86.9 Å². The molecule has 4 aliphatic rings. The van der Waals surface area contributed by atoms with Crippen molar-refractivity contribution in [2.45, 2.75) is 39.0 Å². The zero-order chi connectivity index (χ0) is 9.71. The van der Waals surface area contributed by atoms with Crippen molar-refractivity contribution in [1.82, 2.24) is 0 Å². The molecule has 1 heteroatoms. The highest BCUT2D eigenvalue weighted by Crippen LogP contribution is 2.58. The lowest BCUT2D eigenvalue weighted by atomic mass is 9.50. The molecule has 4 fully saturated rings. The topological polar surface area (TPSA) is 20.2 Å². The number of rotatable bonds is 2. The van der Waals surface area contributed by atoms with Gasteiger partial charge in [-0.1, -0.05) is 6.92 Å². The lowest BCUT2D eigenvalue weighted by molar-refractivity contribution is -0.0668. The standard InChI is InChI=1S/C13H22O/c1-8(7-14)13-11-3-9-2-10(5-11)6-12(13)4-9/h8-14H,2-7H2,1H3/t8-,9?,10?,11?,12?,13?/m0/s1. The molecule has 1 atom stereocenters. The average Bonchev–Trinajstić information content (AvgIpc) is 2.15. The van der Waals surface area contributed by atoms with E-state index >= 15 is 0 Å². The Hall–Kier alpha value is -0.0400. The Balaban J connectivity index is 1.81. The van der Waals surface area contributed by atoms with E-state index in [2.05, 4.69) is 6.92 Å². The monoisotopic (exact) mass is 194 g/mol. The molecule has 0 saturated heterocycles. The van der Waals surface area contributed by atoms with Crippen molar-refractivity contribution >= 4 is 0 Å². The van der Waals surface area contributed by atoms with E-state index in [9.17, 15) is 5.11 Å². The minimum Gasteiger partial charge on any atom is -0.396 e. The summed E-state index contributed by atoms with van der Waals surface area (Å²) < 4.78 is 0. The van der Waals surface area contributed by atoms with E-state index in [1.807, 2.05) is 0 Å². The van der Waals surface area contributed by atoms with Crippen LogP contribution in [0.25, 0.3) is 0 Å². The Morgan fingerprint density at radius 1 is 1.00 bits per heavy atom. The van der Waals surface area contributed by atoms with Gasteiger partial charge in [0.2, 0.25) is 0 Å². The molecule has 1 N–H and O–H groups in total. The van der Waals surface area contributed by atoms with Crippen molar-refractivity contribution in [3.05, 3.63) is 0 Å². The summed E-state index contributed by atoms with van der Waals surface area (Å²) in [5.41, 5.74) is 0. The van der Waals surface area contributed by atoms with Crippen LogP contribution < -0.4 is 0 Å². The van der Waals surface area contributed by atoms with Gasteiger partial charge in [-0.15, -0.1) is 0 Å². The molecular weight excluding hydrogens is 172 g/mol. The summed E-state index contributed by atoms with van der Waals surface area (Å²) in [5.74, 6) is 5.53. The lowest BCUT2D eigenvalue weighted by Crippen LogP contribution is -2.47. The van der Waals surface area contributed by atoms with Gasteiger partial charge in [0.1, 0.15) is 0 Å². The van der Waals surface area contributed by atoms with E-state index in [4.69, 9.17) is 0 Å². The molecular formula is C13H22O. The van der Waals surface area contributed by atoms with Gasteiger partial charge in [-0.05, 0) is 67.6 Å². The van der Waals surface area contributed by atoms with Crippen LogP contribution in [0.5, 0.6) is 0 Å². The van der Waals surface area contributed by atoms with Crippen LogP contribution in [0.15, 0.2) is 0 Å². The quantitative estimate of drug-likeness (QED) is 0.716. The largest absolute Gasteiger partial charge is 0.396 e. The summed E-state index contributed by atoms with van der Waals surface area (Å²) >= 11 is 0. The number of aliphatic hydroxyl groups excluding tert-OH is 1. The number of hydrogen-bond donors (Lipinski definition) is 1. The summed E-state index contributed by atoms with van der Waals surface area (Å²) in [4.78, 5) is 0. The molecule has 0 heterocycles. The molecule has 0 aromatic carbocycles. The molecule has 4 aliphatic carbocycles.